The summed E-state index contributed by atoms with van der Waals surface area (Å²) in [6.45, 7) is 3.61. The molecule has 0 atom stereocenters. The predicted molar refractivity (Wildman–Crippen MR) is 63.2 cm³/mol. The highest BCUT2D eigenvalue weighted by molar-refractivity contribution is 5.92. The van der Waals surface area contributed by atoms with Gasteiger partial charge in [-0.3, -0.25) is 0 Å². The van der Waals surface area contributed by atoms with Crippen LogP contribution in [0.3, 0.4) is 0 Å². The fourth-order valence-electron chi connectivity index (χ4n) is 1.57. The van der Waals surface area contributed by atoms with Crippen molar-refractivity contribution < 1.29 is 19.2 Å². The van der Waals surface area contributed by atoms with Gasteiger partial charge in [0.25, 0.3) is 0 Å². The molecule has 1 aromatic heterocycles. The molecule has 0 aliphatic rings. The third-order valence-electron chi connectivity index (χ3n) is 2.65. The molecule has 18 heavy (non-hydrogen) atoms. The number of ether oxygens (including phenoxy) is 1. The number of aromatic hydroxyl groups is 1. The normalized spacial score (nSPS) is 10.3. The lowest BCUT2D eigenvalue weighted by molar-refractivity contribution is 0.0467. The van der Waals surface area contributed by atoms with Gasteiger partial charge in [0.1, 0.15) is 23.7 Å². The summed E-state index contributed by atoms with van der Waals surface area (Å²) in [7, 11) is 0. The Hall–Kier alpha value is -2.30. The van der Waals surface area contributed by atoms with Crippen LogP contribution < -0.4 is 0 Å². The summed E-state index contributed by atoms with van der Waals surface area (Å²) >= 11 is 0. The van der Waals surface area contributed by atoms with Crippen molar-refractivity contribution in [3.05, 3.63) is 46.8 Å². The maximum atomic E-state index is 11.8. The highest BCUT2D eigenvalue weighted by Gasteiger charge is 2.15. The average molecular weight is 247 g/mol. The van der Waals surface area contributed by atoms with E-state index >= 15 is 0 Å². The fraction of sp³-hybridized carbons (Fsp3) is 0.231. The van der Waals surface area contributed by atoms with Crippen molar-refractivity contribution >= 4 is 5.97 Å². The Morgan fingerprint density at radius 3 is 2.72 bits per heavy atom. The Morgan fingerprint density at radius 2 is 2.11 bits per heavy atom. The largest absolute Gasteiger partial charge is 0.507 e. The molecule has 0 bridgehead atoms. The molecule has 5 nitrogen and oxygen atoms in total. The molecule has 1 N–H and O–H groups in total. The molecule has 0 amide bonds. The summed E-state index contributed by atoms with van der Waals surface area (Å²) in [5, 5.41) is 13.3. The first-order valence-electron chi connectivity index (χ1n) is 5.46. The first kappa shape index (κ1) is 12.2. The molecule has 94 valence electrons. The maximum absolute atomic E-state index is 11.8. The van der Waals surface area contributed by atoms with Crippen LogP contribution in [-0.4, -0.2) is 16.2 Å². The molecule has 1 aromatic carbocycles. The van der Waals surface area contributed by atoms with Crippen LogP contribution in [0.4, 0.5) is 0 Å². The zero-order chi connectivity index (χ0) is 13.1. The van der Waals surface area contributed by atoms with Gasteiger partial charge in [-0.15, -0.1) is 0 Å². The lowest BCUT2D eigenvalue weighted by Crippen LogP contribution is -2.06. The van der Waals surface area contributed by atoms with E-state index in [4.69, 9.17) is 9.26 Å². The second kappa shape index (κ2) is 4.91. The van der Waals surface area contributed by atoms with Crippen LogP contribution in [0, 0.1) is 13.8 Å². The SMILES string of the molecule is Cc1noc(C)c1COC(=O)c1ccccc1O. The third kappa shape index (κ3) is 2.34. The first-order chi connectivity index (χ1) is 8.59. The molecule has 0 saturated heterocycles. The summed E-state index contributed by atoms with van der Waals surface area (Å²) in [5.74, 6) is -0.0491. The van der Waals surface area contributed by atoms with Crippen LogP contribution in [0.25, 0.3) is 0 Å². The zero-order valence-electron chi connectivity index (χ0n) is 10.1. The van der Waals surface area contributed by atoms with Gasteiger partial charge in [0.2, 0.25) is 0 Å². The van der Waals surface area contributed by atoms with Gasteiger partial charge in [-0.1, -0.05) is 17.3 Å². The number of aromatic nitrogens is 1. The molecule has 0 fully saturated rings. The smallest absolute Gasteiger partial charge is 0.342 e. The lowest BCUT2D eigenvalue weighted by Gasteiger charge is -2.05. The second-order valence-electron chi connectivity index (χ2n) is 3.90. The molecule has 5 heteroatoms. The van der Waals surface area contributed by atoms with E-state index in [2.05, 4.69) is 5.16 Å². The number of carbonyl (C=O) groups is 1. The molecule has 2 aromatic rings. The minimum absolute atomic E-state index is 0.0777. The third-order valence-corrected chi connectivity index (χ3v) is 2.65. The highest BCUT2D eigenvalue weighted by Crippen LogP contribution is 2.19. The maximum Gasteiger partial charge on any atom is 0.342 e. The molecule has 0 saturated carbocycles. The predicted octanol–water partition coefficient (Wildman–Crippen LogP) is 2.35. The molecule has 0 unspecified atom stereocenters. The van der Waals surface area contributed by atoms with Crippen LogP contribution in [0.1, 0.15) is 27.4 Å². The number of hydrogen-bond acceptors (Lipinski definition) is 5. The molecule has 0 spiro atoms. The molecule has 0 aliphatic heterocycles. The molecule has 0 radical (unpaired) electrons. The topological polar surface area (TPSA) is 72.6 Å². The van der Waals surface area contributed by atoms with Crippen LogP contribution in [-0.2, 0) is 11.3 Å². The Balaban J connectivity index is 2.08. The number of phenolic OH excluding ortho intramolecular Hbond substituents is 1. The van der Waals surface area contributed by atoms with E-state index in [1.165, 1.54) is 12.1 Å². The van der Waals surface area contributed by atoms with Gasteiger partial charge >= 0.3 is 5.97 Å². The van der Waals surface area contributed by atoms with Crippen molar-refractivity contribution in [2.45, 2.75) is 20.5 Å². The number of nitrogens with zero attached hydrogens (tertiary/aromatic N) is 1. The van der Waals surface area contributed by atoms with E-state index in [0.717, 1.165) is 5.56 Å². The Bertz CT molecular complexity index is 555. The van der Waals surface area contributed by atoms with E-state index in [-0.39, 0.29) is 17.9 Å². The van der Waals surface area contributed by atoms with Gasteiger partial charge in [-0.25, -0.2) is 4.79 Å². The molecular formula is C13H13NO4. The monoisotopic (exact) mass is 247 g/mol. The molecular weight excluding hydrogens is 234 g/mol. The summed E-state index contributed by atoms with van der Waals surface area (Å²) in [4.78, 5) is 11.8. The number of rotatable bonds is 3. The summed E-state index contributed by atoms with van der Waals surface area (Å²) in [6, 6.07) is 6.24. The summed E-state index contributed by atoms with van der Waals surface area (Å²) < 4.78 is 10.1. The minimum atomic E-state index is -0.576. The van der Waals surface area contributed by atoms with E-state index in [1.807, 2.05) is 0 Å². The lowest BCUT2D eigenvalue weighted by atomic mass is 10.2. The average Bonchev–Trinajstić information content (AvgIpc) is 2.67. The van der Waals surface area contributed by atoms with Gasteiger partial charge in [-0.05, 0) is 26.0 Å². The first-order valence-corrected chi connectivity index (χ1v) is 5.46. The van der Waals surface area contributed by atoms with Gasteiger partial charge in [0.15, 0.2) is 0 Å². The number of aryl methyl sites for hydroxylation is 2. The zero-order valence-corrected chi connectivity index (χ0v) is 10.1. The standard InChI is InChI=1S/C13H13NO4/c1-8-11(9(2)18-14-8)7-17-13(16)10-5-3-4-6-12(10)15/h3-6,15H,7H2,1-2H3. The van der Waals surface area contributed by atoms with Crippen LogP contribution in [0.5, 0.6) is 5.75 Å². The number of hydrogen-bond donors (Lipinski definition) is 1. The van der Waals surface area contributed by atoms with Gasteiger partial charge in [0.05, 0.1) is 11.3 Å². The van der Waals surface area contributed by atoms with Gasteiger partial charge in [-0.2, -0.15) is 0 Å². The van der Waals surface area contributed by atoms with Crippen LogP contribution >= 0.6 is 0 Å². The number of carbonyl (C=O) groups excluding carboxylic acids is 1. The Morgan fingerprint density at radius 1 is 1.39 bits per heavy atom. The number of phenols is 1. The fourth-order valence-corrected chi connectivity index (χ4v) is 1.57. The van der Waals surface area contributed by atoms with Crippen molar-refractivity contribution in [3.63, 3.8) is 0 Å². The van der Waals surface area contributed by atoms with E-state index in [9.17, 15) is 9.90 Å². The van der Waals surface area contributed by atoms with Crippen molar-refractivity contribution in [1.29, 1.82) is 0 Å². The van der Waals surface area contributed by atoms with E-state index in [1.54, 1.807) is 26.0 Å². The van der Waals surface area contributed by atoms with Crippen molar-refractivity contribution in [2.75, 3.05) is 0 Å². The van der Waals surface area contributed by atoms with Crippen LogP contribution in [0.15, 0.2) is 28.8 Å². The number of benzene rings is 1. The molecule has 2 rings (SSSR count). The van der Waals surface area contributed by atoms with Gasteiger partial charge in [0, 0.05) is 0 Å². The summed E-state index contributed by atoms with van der Waals surface area (Å²) in [5.41, 5.74) is 1.58. The summed E-state index contributed by atoms with van der Waals surface area (Å²) in [6.07, 6.45) is 0. The number of esters is 1. The Labute approximate surface area is 104 Å². The van der Waals surface area contributed by atoms with Crippen molar-refractivity contribution in [3.8, 4) is 5.75 Å². The number of para-hydroxylation sites is 1. The molecule has 1 heterocycles. The highest BCUT2D eigenvalue weighted by atomic mass is 16.5. The van der Waals surface area contributed by atoms with E-state index < -0.39 is 5.97 Å². The van der Waals surface area contributed by atoms with Crippen LogP contribution in [0.2, 0.25) is 0 Å². The van der Waals surface area contributed by atoms with Crippen molar-refractivity contribution in [2.24, 2.45) is 0 Å². The minimum Gasteiger partial charge on any atom is -0.507 e. The van der Waals surface area contributed by atoms with E-state index in [0.29, 0.717) is 11.5 Å². The second-order valence-corrected chi connectivity index (χ2v) is 3.90. The van der Waals surface area contributed by atoms with Gasteiger partial charge < -0.3 is 14.4 Å². The quantitative estimate of drug-likeness (QED) is 0.843. The molecule has 0 aliphatic carbocycles. The van der Waals surface area contributed by atoms with Crippen molar-refractivity contribution in [1.82, 2.24) is 5.16 Å². The Kier molecular flexibility index (Phi) is 3.32.